The second kappa shape index (κ2) is 4.70. The van der Waals surface area contributed by atoms with Crippen LogP contribution in [0.2, 0.25) is 0 Å². The van der Waals surface area contributed by atoms with Crippen LogP contribution in [0.1, 0.15) is 12.8 Å². The highest BCUT2D eigenvalue weighted by Crippen LogP contribution is 2.07. The Kier molecular flexibility index (Phi) is 3.83. The standard InChI is InChI=1S/C8H18N2O/c1-9-5-3-6-10(9)7-4-8-11-2/h3-8H2,1-2H3. The zero-order valence-corrected chi connectivity index (χ0v) is 7.55. The van der Waals surface area contributed by atoms with Crippen LogP contribution in [0, 0.1) is 0 Å². The summed E-state index contributed by atoms with van der Waals surface area (Å²) in [4.78, 5) is 0. The van der Waals surface area contributed by atoms with Crippen molar-refractivity contribution in [3.63, 3.8) is 0 Å². The fraction of sp³-hybridized carbons (Fsp3) is 1.00. The molecule has 3 heteroatoms. The third-order valence-electron chi connectivity index (χ3n) is 2.15. The molecule has 0 bridgehead atoms. The number of hydrogen-bond donors (Lipinski definition) is 0. The molecule has 0 spiro atoms. The molecule has 0 radical (unpaired) electrons. The first-order chi connectivity index (χ1) is 5.34. The van der Waals surface area contributed by atoms with Gasteiger partial charge in [0.15, 0.2) is 0 Å². The molecule has 0 N–H and O–H groups in total. The first-order valence-corrected chi connectivity index (χ1v) is 4.29. The van der Waals surface area contributed by atoms with Crippen LogP contribution in [0.15, 0.2) is 0 Å². The molecule has 3 nitrogen and oxygen atoms in total. The lowest BCUT2D eigenvalue weighted by Crippen LogP contribution is -2.34. The predicted molar refractivity (Wildman–Crippen MR) is 45.3 cm³/mol. The van der Waals surface area contributed by atoms with Crippen LogP contribution < -0.4 is 0 Å². The van der Waals surface area contributed by atoms with Gasteiger partial charge in [-0.25, -0.2) is 10.0 Å². The van der Waals surface area contributed by atoms with Crippen molar-refractivity contribution < 1.29 is 4.74 Å². The van der Waals surface area contributed by atoms with Gasteiger partial charge in [0.2, 0.25) is 0 Å². The largest absolute Gasteiger partial charge is 0.385 e. The van der Waals surface area contributed by atoms with Gasteiger partial charge in [0.05, 0.1) is 0 Å². The molecule has 1 heterocycles. The molecule has 0 aromatic heterocycles. The molecule has 1 fully saturated rings. The fourth-order valence-corrected chi connectivity index (χ4v) is 1.47. The van der Waals surface area contributed by atoms with Crippen molar-refractivity contribution in [2.75, 3.05) is 40.4 Å². The molecule has 1 aliphatic heterocycles. The van der Waals surface area contributed by atoms with E-state index in [0.717, 1.165) is 19.6 Å². The van der Waals surface area contributed by atoms with Crippen LogP contribution in [0.4, 0.5) is 0 Å². The molecular weight excluding hydrogens is 140 g/mol. The second-order valence-electron chi connectivity index (χ2n) is 3.03. The van der Waals surface area contributed by atoms with E-state index < -0.39 is 0 Å². The first-order valence-electron chi connectivity index (χ1n) is 4.29. The quantitative estimate of drug-likeness (QED) is 0.556. The van der Waals surface area contributed by atoms with E-state index in [-0.39, 0.29) is 0 Å². The lowest BCUT2D eigenvalue weighted by molar-refractivity contribution is 0.0461. The Morgan fingerprint density at radius 3 is 2.73 bits per heavy atom. The van der Waals surface area contributed by atoms with Gasteiger partial charge < -0.3 is 4.74 Å². The van der Waals surface area contributed by atoms with Gasteiger partial charge in [0.1, 0.15) is 0 Å². The molecule has 0 atom stereocenters. The van der Waals surface area contributed by atoms with E-state index in [4.69, 9.17) is 4.74 Å². The van der Waals surface area contributed by atoms with Gasteiger partial charge in [-0.3, -0.25) is 0 Å². The van der Waals surface area contributed by atoms with Gasteiger partial charge in [-0.2, -0.15) is 0 Å². The number of hydrazine groups is 1. The molecule has 0 unspecified atom stereocenters. The van der Waals surface area contributed by atoms with Crippen molar-refractivity contribution >= 4 is 0 Å². The molecule has 1 saturated heterocycles. The monoisotopic (exact) mass is 158 g/mol. The summed E-state index contributed by atoms with van der Waals surface area (Å²) >= 11 is 0. The fourth-order valence-electron chi connectivity index (χ4n) is 1.47. The average Bonchev–Trinajstić information content (AvgIpc) is 2.37. The highest BCUT2D eigenvalue weighted by atomic mass is 16.5. The van der Waals surface area contributed by atoms with Gasteiger partial charge in [0.25, 0.3) is 0 Å². The van der Waals surface area contributed by atoms with Crippen molar-refractivity contribution in [2.45, 2.75) is 12.8 Å². The van der Waals surface area contributed by atoms with E-state index in [1.165, 1.54) is 19.5 Å². The summed E-state index contributed by atoms with van der Waals surface area (Å²) in [5, 5.41) is 4.69. The minimum Gasteiger partial charge on any atom is -0.385 e. The van der Waals surface area contributed by atoms with Crippen LogP contribution in [0.3, 0.4) is 0 Å². The van der Waals surface area contributed by atoms with Crippen molar-refractivity contribution in [3.8, 4) is 0 Å². The van der Waals surface area contributed by atoms with E-state index in [2.05, 4.69) is 17.1 Å². The summed E-state index contributed by atoms with van der Waals surface area (Å²) in [5.74, 6) is 0. The van der Waals surface area contributed by atoms with Crippen LogP contribution in [-0.2, 0) is 4.74 Å². The molecule has 11 heavy (non-hydrogen) atoms. The Hall–Kier alpha value is -0.120. The maximum Gasteiger partial charge on any atom is 0.0475 e. The third kappa shape index (κ3) is 2.77. The number of ether oxygens (including phenoxy) is 1. The second-order valence-corrected chi connectivity index (χ2v) is 3.03. The summed E-state index contributed by atoms with van der Waals surface area (Å²) in [7, 11) is 3.91. The van der Waals surface area contributed by atoms with E-state index >= 15 is 0 Å². The maximum absolute atomic E-state index is 4.99. The van der Waals surface area contributed by atoms with Crippen molar-refractivity contribution in [1.29, 1.82) is 0 Å². The van der Waals surface area contributed by atoms with Gasteiger partial charge >= 0.3 is 0 Å². The minimum absolute atomic E-state index is 0.879. The first kappa shape index (κ1) is 8.97. The van der Waals surface area contributed by atoms with Crippen LogP contribution in [0.5, 0.6) is 0 Å². The summed E-state index contributed by atoms with van der Waals surface area (Å²) in [6, 6.07) is 0. The molecule has 0 saturated carbocycles. The number of methoxy groups -OCH3 is 1. The number of rotatable bonds is 4. The molecular formula is C8H18N2O. The summed E-state index contributed by atoms with van der Waals surface area (Å²) in [6.45, 7) is 4.46. The predicted octanol–water partition coefficient (Wildman–Crippen LogP) is 0.575. The van der Waals surface area contributed by atoms with E-state index in [9.17, 15) is 0 Å². The summed E-state index contributed by atoms with van der Waals surface area (Å²) < 4.78 is 4.99. The van der Waals surface area contributed by atoms with Crippen molar-refractivity contribution in [3.05, 3.63) is 0 Å². The van der Waals surface area contributed by atoms with Gasteiger partial charge in [-0.15, -0.1) is 0 Å². The highest BCUT2D eigenvalue weighted by molar-refractivity contribution is 4.63. The zero-order chi connectivity index (χ0) is 8.10. The van der Waals surface area contributed by atoms with Crippen LogP contribution in [-0.4, -0.2) is 50.4 Å². The zero-order valence-electron chi connectivity index (χ0n) is 7.55. The average molecular weight is 158 g/mol. The minimum atomic E-state index is 0.879. The Morgan fingerprint density at radius 1 is 1.36 bits per heavy atom. The molecule has 1 aliphatic rings. The number of nitrogens with zero attached hydrogens (tertiary/aromatic N) is 2. The molecule has 0 aliphatic carbocycles. The Morgan fingerprint density at radius 2 is 2.18 bits per heavy atom. The Labute approximate surface area is 68.9 Å². The lowest BCUT2D eigenvalue weighted by Gasteiger charge is -2.23. The SMILES string of the molecule is COCCCN1CCCN1C. The molecule has 0 aromatic rings. The van der Waals surface area contributed by atoms with Gasteiger partial charge in [0, 0.05) is 40.4 Å². The van der Waals surface area contributed by atoms with Crippen molar-refractivity contribution in [1.82, 2.24) is 10.0 Å². The Bertz CT molecular complexity index is 108. The third-order valence-corrected chi connectivity index (χ3v) is 2.15. The van der Waals surface area contributed by atoms with Crippen LogP contribution in [0.25, 0.3) is 0 Å². The van der Waals surface area contributed by atoms with Crippen LogP contribution >= 0.6 is 0 Å². The highest BCUT2D eigenvalue weighted by Gasteiger charge is 2.16. The molecule has 1 rings (SSSR count). The normalized spacial score (nSPS) is 21.3. The summed E-state index contributed by atoms with van der Waals surface area (Å²) in [5.41, 5.74) is 0. The van der Waals surface area contributed by atoms with E-state index in [1.807, 2.05) is 0 Å². The van der Waals surface area contributed by atoms with E-state index in [0.29, 0.717) is 0 Å². The maximum atomic E-state index is 4.99. The van der Waals surface area contributed by atoms with E-state index in [1.54, 1.807) is 7.11 Å². The topological polar surface area (TPSA) is 15.7 Å². The molecule has 0 amide bonds. The number of hydrogen-bond acceptors (Lipinski definition) is 3. The molecule has 66 valence electrons. The Balaban J connectivity index is 2.05. The smallest absolute Gasteiger partial charge is 0.0475 e. The molecule has 0 aromatic carbocycles. The summed E-state index contributed by atoms with van der Waals surface area (Å²) in [6.07, 6.45) is 2.45. The van der Waals surface area contributed by atoms with Gasteiger partial charge in [-0.1, -0.05) is 0 Å². The van der Waals surface area contributed by atoms with Crippen molar-refractivity contribution in [2.24, 2.45) is 0 Å². The van der Waals surface area contributed by atoms with Gasteiger partial charge in [-0.05, 0) is 12.8 Å². The lowest BCUT2D eigenvalue weighted by atomic mass is 10.4.